The predicted molar refractivity (Wildman–Crippen MR) is 131 cm³/mol. The van der Waals surface area contributed by atoms with E-state index < -0.39 is 38.5 Å². The zero-order chi connectivity index (χ0) is 27.6. The molecule has 1 unspecified atom stereocenters. The second-order valence-electron chi connectivity index (χ2n) is 9.67. The van der Waals surface area contributed by atoms with Gasteiger partial charge in [-0.15, -0.1) is 0 Å². The van der Waals surface area contributed by atoms with E-state index in [0.29, 0.717) is 25.0 Å². The number of hydrogen-bond acceptors (Lipinski definition) is 4. The second-order valence-corrected chi connectivity index (χ2v) is 11.4. The number of nitrogens with one attached hydrogen (secondary N) is 4. The lowest BCUT2D eigenvalue weighted by Gasteiger charge is -2.25. The number of benzene rings is 1. The van der Waals surface area contributed by atoms with Crippen LogP contribution in [0.5, 0.6) is 0 Å². The van der Waals surface area contributed by atoms with Gasteiger partial charge >= 0.3 is 12.2 Å². The van der Waals surface area contributed by atoms with E-state index >= 15 is 0 Å². The number of urea groups is 1. The van der Waals surface area contributed by atoms with Gasteiger partial charge in [0.15, 0.2) is 0 Å². The molecular formula is C24H36F4N4O4S. The van der Waals surface area contributed by atoms with Crippen molar-refractivity contribution in [3.63, 3.8) is 0 Å². The highest BCUT2D eigenvalue weighted by Crippen LogP contribution is 2.34. The maximum absolute atomic E-state index is 13.2. The summed E-state index contributed by atoms with van der Waals surface area (Å²) in [5, 5.41) is 8.37. The third kappa shape index (κ3) is 10.5. The van der Waals surface area contributed by atoms with E-state index in [2.05, 4.69) is 20.7 Å². The summed E-state index contributed by atoms with van der Waals surface area (Å²) in [7, 11) is -4.53. The third-order valence-corrected chi connectivity index (χ3v) is 7.52. The van der Waals surface area contributed by atoms with Gasteiger partial charge in [-0.3, -0.25) is 4.79 Å². The van der Waals surface area contributed by atoms with E-state index in [9.17, 15) is 35.6 Å². The van der Waals surface area contributed by atoms with Crippen molar-refractivity contribution in [2.24, 2.45) is 5.92 Å². The number of carbonyl (C=O) groups is 2. The number of alkyl halides is 3. The standard InChI is InChI=1S/C24H36F4N4O4S/c1-16(2)14-20(32-23(34)31-18-8-4-3-5-9-18)22(33)29-12-6-7-13-30-37(35,36)21-11-10-17(25)15-19(21)24(26,27)28/h10-11,15-16,18,20,30H,3-9,12-14H2,1-2H3,(H,29,33)(H2,31,32,34). The van der Waals surface area contributed by atoms with Crippen LogP contribution in [0, 0.1) is 11.7 Å². The first-order valence-electron chi connectivity index (χ1n) is 12.5. The van der Waals surface area contributed by atoms with Gasteiger partial charge in [0.25, 0.3) is 0 Å². The SMILES string of the molecule is CC(C)CC(NC(=O)NC1CCCCC1)C(=O)NCCCCNS(=O)(=O)c1ccc(F)cc1C(F)(F)F. The predicted octanol–water partition coefficient (Wildman–Crippen LogP) is 4.07. The molecule has 1 atom stereocenters. The molecule has 0 spiro atoms. The van der Waals surface area contributed by atoms with Gasteiger partial charge in [-0.2, -0.15) is 13.2 Å². The van der Waals surface area contributed by atoms with Crippen LogP contribution < -0.4 is 20.7 Å². The lowest BCUT2D eigenvalue weighted by atomic mass is 9.96. The number of hydrogen-bond donors (Lipinski definition) is 4. The first kappa shape index (κ1) is 30.8. The Kier molecular flexibility index (Phi) is 11.6. The Bertz CT molecular complexity index is 1010. The Hall–Kier alpha value is -2.41. The van der Waals surface area contributed by atoms with Crippen LogP contribution in [-0.4, -0.2) is 45.5 Å². The number of rotatable bonds is 12. The number of carbonyl (C=O) groups excluding carboxylic acids is 2. The minimum atomic E-state index is -5.04. The Morgan fingerprint density at radius 3 is 2.32 bits per heavy atom. The van der Waals surface area contributed by atoms with Gasteiger partial charge in [0, 0.05) is 19.1 Å². The summed E-state index contributed by atoms with van der Waals surface area (Å²) in [5.74, 6) is -1.42. The Morgan fingerprint density at radius 1 is 1.05 bits per heavy atom. The highest BCUT2D eigenvalue weighted by Gasteiger charge is 2.37. The zero-order valence-electron chi connectivity index (χ0n) is 21.1. The summed E-state index contributed by atoms with van der Waals surface area (Å²) in [5.41, 5.74) is -1.58. The van der Waals surface area contributed by atoms with Gasteiger partial charge in [-0.1, -0.05) is 33.1 Å². The monoisotopic (exact) mass is 552 g/mol. The molecule has 0 aliphatic heterocycles. The number of sulfonamides is 1. The Labute approximate surface area is 215 Å². The number of unbranched alkanes of at least 4 members (excludes halogenated alkanes) is 1. The van der Waals surface area contributed by atoms with E-state index in [-0.39, 0.29) is 49.5 Å². The highest BCUT2D eigenvalue weighted by molar-refractivity contribution is 7.89. The van der Waals surface area contributed by atoms with Gasteiger partial charge in [0.1, 0.15) is 11.9 Å². The number of amides is 3. The summed E-state index contributed by atoms with van der Waals surface area (Å²) in [6, 6.07) is 0.342. The maximum Gasteiger partial charge on any atom is 0.417 e. The van der Waals surface area contributed by atoms with Crippen molar-refractivity contribution in [1.29, 1.82) is 0 Å². The molecular weight excluding hydrogens is 516 g/mol. The maximum atomic E-state index is 13.2. The summed E-state index contributed by atoms with van der Waals surface area (Å²) >= 11 is 0. The molecule has 0 bridgehead atoms. The van der Waals surface area contributed by atoms with Gasteiger partial charge in [0.05, 0.1) is 10.5 Å². The zero-order valence-corrected chi connectivity index (χ0v) is 21.9. The van der Waals surface area contributed by atoms with Crippen LogP contribution in [-0.2, 0) is 21.0 Å². The normalized spacial score (nSPS) is 15.9. The van der Waals surface area contributed by atoms with Crippen molar-refractivity contribution < 1.29 is 35.6 Å². The van der Waals surface area contributed by atoms with Crippen molar-refractivity contribution in [2.45, 2.75) is 88.4 Å². The van der Waals surface area contributed by atoms with Crippen LogP contribution in [0.4, 0.5) is 22.4 Å². The summed E-state index contributed by atoms with van der Waals surface area (Å²) in [4.78, 5) is 24.0. The van der Waals surface area contributed by atoms with E-state index in [0.717, 1.165) is 32.1 Å². The Balaban J connectivity index is 1.80. The molecule has 1 aromatic carbocycles. The van der Waals surface area contributed by atoms with E-state index in [4.69, 9.17) is 0 Å². The quantitative estimate of drug-likeness (QED) is 0.231. The van der Waals surface area contributed by atoms with Crippen molar-refractivity contribution in [3.8, 4) is 0 Å². The molecule has 4 N–H and O–H groups in total. The lowest BCUT2D eigenvalue weighted by Crippen LogP contribution is -2.52. The average Bonchev–Trinajstić information content (AvgIpc) is 2.80. The lowest BCUT2D eigenvalue weighted by molar-refractivity contribution is -0.140. The summed E-state index contributed by atoms with van der Waals surface area (Å²) < 4.78 is 79.4. The van der Waals surface area contributed by atoms with Crippen LogP contribution in [0.25, 0.3) is 0 Å². The van der Waals surface area contributed by atoms with Crippen molar-refractivity contribution in [2.75, 3.05) is 13.1 Å². The van der Waals surface area contributed by atoms with E-state index in [1.165, 1.54) is 0 Å². The molecule has 1 saturated carbocycles. The van der Waals surface area contributed by atoms with Gasteiger partial charge < -0.3 is 16.0 Å². The molecule has 3 amide bonds. The molecule has 0 heterocycles. The first-order valence-corrected chi connectivity index (χ1v) is 14.0. The van der Waals surface area contributed by atoms with Gasteiger partial charge in [0.2, 0.25) is 15.9 Å². The molecule has 1 aliphatic rings. The largest absolute Gasteiger partial charge is 0.417 e. The van der Waals surface area contributed by atoms with Crippen molar-refractivity contribution in [1.82, 2.24) is 20.7 Å². The van der Waals surface area contributed by atoms with E-state index in [1.807, 2.05) is 13.8 Å². The van der Waals surface area contributed by atoms with Crippen LogP contribution in [0.1, 0.15) is 70.8 Å². The van der Waals surface area contributed by atoms with Crippen LogP contribution >= 0.6 is 0 Å². The third-order valence-electron chi connectivity index (χ3n) is 6.00. The number of halogens is 4. The fourth-order valence-electron chi connectivity index (χ4n) is 4.16. The average molecular weight is 553 g/mol. The molecule has 1 aromatic rings. The van der Waals surface area contributed by atoms with Crippen LogP contribution in [0.15, 0.2) is 23.1 Å². The summed E-state index contributed by atoms with van der Waals surface area (Å²) in [6.45, 7) is 3.87. The van der Waals surface area contributed by atoms with Crippen molar-refractivity contribution in [3.05, 3.63) is 29.6 Å². The fourth-order valence-corrected chi connectivity index (χ4v) is 5.44. The molecule has 13 heteroatoms. The molecule has 1 aliphatic carbocycles. The fraction of sp³-hybridized carbons (Fsp3) is 0.667. The van der Waals surface area contributed by atoms with Crippen molar-refractivity contribution >= 4 is 22.0 Å². The van der Waals surface area contributed by atoms with Crippen LogP contribution in [0.2, 0.25) is 0 Å². The smallest absolute Gasteiger partial charge is 0.354 e. The molecule has 210 valence electrons. The topological polar surface area (TPSA) is 116 Å². The molecule has 8 nitrogen and oxygen atoms in total. The van der Waals surface area contributed by atoms with E-state index in [1.54, 1.807) is 0 Å². The molecule has 2 rings (SSSR count). The molecule has 0 radical (unpaired) electrons. The van der Waals surface area contributed by atoms with Gasteiger partial charge in [-0.05, 0) is 56.2 Å². The van der Waals surface area contributed by atoms with Gasteiger partial charge in [-0.25, -0.2) is 22.3 Å². The minimum absolute atomic E-state index is 0.0995. The minimum Gasteiger partial charge on any atom is -0.354 e. The highest BCUT2D eigenvalue weighted by atomic mass is 32.2. The second kappa shape index (κ2) is 13.9. The summed E-state index contributed by atoms with van der Waals surface area (Å²) in [6.07, 6.45) is 1.06. The molecule has 1 fully saturated rings. The Morgan fingerprint density at radius 2 is 1.70 bits per heavy atom. The molecule has 37 heavy (non-hydrogen) atoms. The molecule has 0 aromatic heterocycles. The van der Waals surface area contributed by atoms with Crippen LogP contribution in [0.3, 0.4) is 0 Å². The molecule has 0 saturated heterocycles. The first-order chi connectivity index (χ1) is 17.3.